The van der Waals surface area contributed by atoms with Gasteiger partial charge in [0.1, 0.15) is 17.5 Å². The summed E-state index contributed by atoms with van der Waals surface area (Å²) in [5.41, 5.74) is 0. The molecular formula is C14H19BrO9. The maximum absolute atomic E-state index is 11.4. The van der Waals surface area contributed by atoms with Crippen LogP contribution in [0.2, 0.25) is 0 Å². The first-order chi connectivity index (χ1) is 11.1. The molecule has 1 heterocycles. The van der Waals surface area contributed by atoms with Crippen LogP contribution >= 0.6 is 15.9 Å². The molecule has 0 unspecified atom stereocenters. The molecule has 10 heteroatoms. The van der Waals surface area contributed by atoms with E-state index in [0.29, 0.717) is 0 Å². The van der Waals surface area contributed by atoms with E-state index in [1.54, 1.807) is 0 Å². The average molecular weight is 411 g/mol. The Labute approximate surface area is 147 Å². The quantitative estimate of drug-likeness (QED) is 0.362. The average Bonchev–Trinajstić information content (AvgIpc) is 2.42. The lowest BCUT2D eigenvalue weighted by Crippen LogP contribution is -2.60. The van der Waals surface area contributed by atoms with E-state index in [0.717, 1.165) is 0 Å². The third-order valence-electron chi connectivity index (χ3n) is 2.91. The lowest BCUT2D eigenvalue weighted by atomic mass is 10.0. The van der Waals surface area contributed by atoms with Gasteiger partial charge in [0.15, 0.2) is 12.2 Å². The van der Waals surface area contributed by atoms with Crippen molar-refractivity contribution in [3.63, 3.8) is 0 Å². The zero-order valence-corrected chi connectivity index (χ0v) is 15.2. The highest BCUT2D eigenvalue weighted by atomic mass is 79.9. The van der Waals surface area contributed by atoms with Gasteiger partial charge in [0.05, 0.1) is 0 Å². The van der Waals surface area contributed by atoms with Crippen molar-refractivity contribution in [2.45, 2.75) is 57.1 Å². The molecule has 1 saturated heterocycles. The molecule has 136 valence electrons. The molecule has 0 aromatic heterocycles. The van der Waals surface area contributed by atoms with E-state index in [-0.39, 0.29) is 6.61 Å². The first-order valence-electron chi connectivity index (χ1n) is 7.06. The van der Waals surface area contributed by atoms with Gasteiger partial charge < -0.3 is 23.7 Å². The highest BCUT2D eigenvalue weighted by molar-refractivity contribution is 9.09. The molecule has 0 amide bonds. The van der Waals surface area contributed by atoms with Crippen LogP contribution in [0.3, 0.4) is 0 Å². The zero-order valence-electron chi connectivity index (χ0n) is 13.6. The Morgan fingerprint density at radius 3 is 1.79 bits per heavy atom. The molecule has 0 spiro atoms. The normalized spacial score (nSPS) is 29.3. The molecule has 0 aromatic carbocycles. The fraction of sp³-hybridized carbons (Fsp3) is 0.714. The van der Waals surface area contributed by atoms with Gasteiger partial charge in [0.25, 0.3) is 0 Å². The van der Waals surface area contributed by atoms with Gasteiger partial charge in [-0.25, -0.2) is 0 Å². The minimum Gasteiger partial charge on any atom is -0.463 e. The number of ether oxygens (including phenoxy) is 5. The summed E-state index contributed by atoms with van der Waals surface area (Å²) in [5.74, 6) is -2.46. The maximum Gasteiger partial charge on any atom is 0.304 e. The van der Waals surface area contributed by atoms with Crippen molar-refractivity contribution >= 4 is 39.8 Å². The largest absolute Gasteiger partial charge is 0.463 e. The molecule has 1 fully saturated rings. The van der Waals surface area contributed by atoms with Gasteiger partial charge in [0.2, 0.25) is 6.29 Å². The Morgan fingerprint density at radius 2 is 1.33 bits per heavy atom. The smallest absolute Gasteiger partial charge is 0.304 e. The monoisotopic (exact) mass is 410 g/mol. The molecule has 0 radical (unpaired) electrons. The Hall–Kier alpha value is -1.68. The van der Waals surface area contributed by atoms with Crippen molar-refractivity contribution in [3.8, 4) is 0 Å². The van der Waals surface area contributed by atoms with E-state index in [9.17, 15) is 19.2 Å². The SMILES string of the molecule is CC(=O)OC[C@H]1O[C@H](OC(C)=O)[C@H](Br)[C@@H](OC(C)=O)[C@H]1OC(C)=O. The molecule has 0 saturated carbocycles. The fourth-order valence-electron chi connectivity index (χ4n) is 2.12. The van der Waals surface area contributed by atoms with Crippen molar-refractivity contribution in [2.75, 3.05) is 6.61 Å². The van der Waals surface area contributed by atoms with Crippen LogP contribution in [-0.2, 0) is 42.9 Å². The molecule has 0 N–H and O–H groups in total. The summed E-state index contributed by atoms with van der Waals surface area (Å²) in [4.78, 5) is 44.2. The lowest BCUT2D eigenvalue weighted by Gasteiger charge is -2.42. The topological polar surface area (TPSA) is 114 Å². The minimum absolute atomic E-state index is 0.275. The molecule has 0 aliphatic carbocycles. The van der Waals surface area contributed by atoms with Gasteiger partial charge in [-0.3, -0.25) is 19.2 Å². The summed E-state index contributed by atoms with van der Waals surface area (Å²) in [6.07, 6.45) is -4.17. The zero-order chi connectivity index (χ0) is 18.4. The molecule has 1 rings (SSSR count). The van der Waals surface area contributed by atoms with Crippen LogP contribution in [0.5, 0.6) is 0 Å². The molecular weight excluding hydrogens is 392 g/mol. The summed E-state index contributed by atoms with van der Waals surface area (Å²) in [7, 11) is 0. The molecule has 24 heavy (non-hydrogen) atoms. The number of halogens is 1. The van der Waals surface area contributed by atoms with Crippen LogP contribution in [0.1, 0.15) is 27.7 Å². The third-order valence-corrected chi connectivity index (χ3v) is 3.86. The molecule has 1 aliphatic rings. The van der Waals surface area contributed by atoms with Crippen molar-refractivity contribution in [1.29, 1.82) is 0 Å². The highest BCUT2D eigenvalue weighted by Crippen LogP contribution is 2.32. The van der Waals surface area contributed by atoms with E-state index in [2.05, 4.69) is 15.9 Å². The predicted octanol–water partition coefficient (Wildman–Crippen LogP) is 0.464. The second kappa shape index (κ2) is 8.97. The number of carbonyl (C=O) groups is 4. The summed E-state index contributed by atoms with van der Waals surface area (Å²) < 4.78 is 25.8. The number of hydrogen-bond donors (Lipinski definition) is 0. The van der Waals surface area contributed by atoms with Crippen molar-refractivity contribution in [3.05, 3.63) is 0 Å². The highest BCUT2D eigenvalue weighted by Gasteiger charge is 2.50. The predicted molar refractivity (Wildman–Crippen MR) is 80.9 cm³/mol. The summed E-state index contributed by atoms with van der Waals surface area (Å²) in [6, 6.07) is 0. The second-order valence-corrected chi connectivity index (χ2v) is 6.10. The van der Waals surface area contributed by atoms with Crippen LogP contribution in [0.15, 0.2) is 0 Å². The van der Waals surface area contributed by atoms with Gasteiger partial charge in [-0.2, -0.15) is 0 Å². The Kier molecular flexibility index (Phi) is 7.61. The minimum atomic E-state index is -1.13. The van der Waals surface area contributed by atoms with Crippen LogP contribution in [-0.4, -0.2) is 59.9 Å². The fourth-order valence-corrected chi connectivity index (χ4v) is 2.76. The maximum atomic E-state index is 11.4. The van der Waals surface area contributed by atoms with Crippen molar-refractivity contribution in [1.82, 2.24) is 0 Å². The van der Waals surface area contributed by atoms with Crippen LogP contribution in [0.25, 0.3) is 0 Å². The Morgan fingerprint density at radius 1 is 0.833 bits per heavy atom. The standard InChI is InChI=1S/C14H19BrO9/c1-6(16)20-5-10-12(21-7(2)17)13(22-8(3)18)11(15)14(24-10)23-9(4)19/h10-14H,5H2,1-4H3/t10-,11-,12+,13-,14+/m1/s1. The van der Waals surface area contributed by atoms with Gasteiger partial charge in [0, 0.05) is 27.7 Å². The summed E-state index contributed by atoms with van der Waals surface area (Å²) >= 11 is 3.24. The number of rotatable bonds is 5. The molecule has 1 aliphatic heterocycles. The third kappa shape index (κ3) is 6.08. The number of esters is 4. The van der Waals surface area contributed by atoms with E-state index in [4.69, 9.17) is 23.7 Å². The van der Waals surface area contributed by atoms with Crippen molar-refractivity contribution in [2.24, 2.45) is 0 Å². The van der Waals surface area contributed by atoms with Crippen LogP contribution < -0.4 is 0 Å². The van der Waals surface area contributed by atoms with Gasteiger partial charge in [-0.1, -0.05) is 15.9 Å². The molecule has 0 bridgehead atoms. The second-order valence-electron chi connectivity index (χ2n) is 5.05. The molecule has 0 aromatic rings. The van der Waals surface area contributed by atoms with E-state index in [1.165, 1.54) is 27.7 Å². The number of hydrogen-bond acceptors (Lipinski definition) is 9. The van der Waals surface area contributed by atoms with Gasteiger partial charge in [-0.15, -0.1) is 0 Å². The van der Waals surface area contributed by atoms with Gasteiger partial charge in [-0.05, 0) is 0 Å². The Bertz CT molecular complexity index is 490. The van der Waals surface area contributed by atoms with Crippen molar-refractivity contribution < 1.29 is 42.9 Å². The first kappa shape index (κ1) is 20.4. The lowest BCUT2D eigenvalue weighted by molar-refractivity contribution is -0.255. The van der Waals surface area contributed by atoms with Crippen LogP contribution in [0, 0.1) is 0 Å². The first-order valence-corrected chi connectivity index (χ1v) is 7.98. The number of carbonyl (C=O) groups excluding carboxylic acids is 4. The van der Waals surface area contributed by atoms with Gasteiger partial charge >= 0.3 is 23.9 Å². The Balaban J connectivity index is 3.08. The van der Waals surface area contributed by atoms with Crippen LogP contribution in [0.4, 0.5) is 0 Å². The van der Waals surface area contributed by atoms with E-state index < -0.39 is 53.3 Å². The summed E-state index contributed by atoms with van der Waals surface area (Å²) in [5, 5.41) is 0. The van der Waals surface area contributed by atoms with E-state index >= 15 is 0 Å². The molecule has 9 nitrogen and oxygen atoms in total. The summed E-state index contributed by atoms with van der Waals surface area (Å²) in [6.45, 7) is 4.47. The molecule has 5 atom stereocenters. The number of alkyl halides is 1. The van der Waals surface area contributed by atoms with E-state index in [1.807, 2.05) is 0 Å².